The first-order valence-corrected chi connectivity index (χ1v) is 6.18. The lowest BCUT2D eigenvalue weighted by molar-refractivity contribution is -0.192. The highest BCUT2D eigenvalue weighted by molar-refractivity contribution is 6.26. The molecule has 0 radical (unpaired) electrons. The Morgan fingerprint density at radius 1 is 1.45 bits per heavy atom. The van der Waals surface area contributed by atoms with E-state index in [-0.39, 0.29) is 11.5 Å². The van der Waals surface area contributed by atoms with Crippen LogP contribution < -0.4 is 5.73 Å². The summed E-state index contributed by atoms with van der Waals surface area (Å²) < 4.78 is 33.6. The molecule has 0 unspecified atom stereocenters. The Bertz CT molecular complexity index is 714. The third-order valence-electron chi connectivity index (χ3n) is 3.19. The monoisotopic (exact) mass is 315 g/mol. The number of alkyl halides is 3. The van der Waals surface area contributed by atoms with Crippen LogP contribution in [0, 0.1) is 0 Å². The normalized spacial score (nSPS) is 16.1. The van der Waals surface area contributed by atoms with Gasteiger partial charge in [0.05, 0.1) is 11.4 Å². The lowest BCUT2D eigenvalue weighted by Gasteiger charge is -2.17. The molecule has 0 fully saturated rings. The molecule has 6 nitrogen and oxygen atoms in total. The number of ketones is 1. The Balaban J connectivity index is 0.000000217. The number of aryl methyl sites for hydroxylation is 1. The summed E-state index contributed by atoms with van der Waals surface area (Å²) in [5.41, 5.74) is 9.71. The first-order valence-electron chi connectivity index (χ1n) is 6.18. The average molecular weight is 315 g/mol. The number of aliphatic carboxylic acids is 1. The van der Waals surface area contributed by atoms with Gasteiger partial charge >= 0.3 is 12.1 Å². The quantitative estimate of drug-likeness (QED) is 0.747. The first-order chi connectivity index (χ1) is 10.1. The molecule has 0 aromatic carbocycles. The number of carbonyl (C=O) groups excluding carboxylic acids is 1. The van der Waals surface area contributed by atoms with Crippen molar-refractivity contribution in [3.05, 3.63) is 34.8 Å². The average Bonchev–Trinajstić information content (AvgIpc) is 2.73. The fourth-order valence-electron chi connectivity index (χ4n) is 2.28. The molecule has 0 atom stereocenters. The highest BCUT2D eigenvalue weighted by Crippen LogP contribution is 2.27. The lowest BCUT2D eigenvalue weighted by Crippen LogP contribution is -2.25. The van der Waals surface area contributed by atoms with Crippen LogP contribution in [-0.4, -0.2) is 39.9 Å². The van der Waals surface area contributed by atoms with Crippen molar-refractivity contribution in [3.8, 4) is 0 Å². The number of hydrogen-bond donors (Lipinski definition) is 2. The molecular weight excluding hydrogens is 303 g/mol. The molecule has 118 valence electrons. The second-order valence-corrected chi connectivity index (χ2v) is 4.74. The summed E-state index contributed by atoms with van der Waals surface area (Å²) in [5, 5.41) is 7.12. The number of allylic oxidation sites excluding steroid dienone is 2. The molecule has 9 heteroatoms. The van der Waals surface area contributed by atoms with E-state index in [1.165, 1.54) is 5.56 Å². The van der Waals surface area contributed by atoms with Gasteiger partial charge in [0.25, 0.3) is 0 Å². The fraction of sp³-hybridized carbons (Fsp3) is 0.308. The van der Waals surface area contributed by atoms with Crippen molar-refractivity contribution >= 4 is 17.5 Å². The van der Waals surface area contributed by atoms with Crippen LogP contribution in [0.2, 0.25) is 0 Å². The molecule has 3 rings (SSSR count). The molecule has 1 aliphatic heterocycles. The Morgan fingerprint density at radius 3 is 2.59 bits per heavy atom. The standard InChI is InChI=1S/C11H11N3O.C2HF3O2/c1-14-5-6-2-3-13-8-4-7(12)11(15)10(14)9(6)8;3-2(4,5)1(6)7/h4-5H,2-3,12H2,1H3;(H,6,7). The summed E-state index contributed by atoms with van der Waals surface area (Å²) >= 11 is 0. The zero-order valence-corrected chi connectivity index (χ0v) is 11.4. The highest BCUT2D eigenvalue weighted by Gasteiger charge is 2.38. The van der Waals surface area contributed by atoms with E-state index >= 15 is 0 Å². The van der Waals surface area contributed by atoms with Gasteiger partial charge in [-0.3, -0.25) is 9.79 Å². The van der Waals surface area contributed by atoms with E-state index in [2.05, 4.69) is 4.99 Å². The number of rotatable bonds is 0. The van der Waals surface area contributed by atoms with Crippen molar-refractivity contribution in [1.82, 2.24) is 4.57 Å². The summed E-state index contributed by atoms with van der Waals surface area (Å²) in [6.07, 6.45) is -0.481. The molecule has 2 heterocycles. The highest BCUT2D eigenvalue weighted by atomic mass is 19.4. The van der Waals surface area contributed by atoms with Crippen molar-refractivity contribution in [3.63, 3.8) is 0 Å². The maximum Gasteiger partial charge on any atom is 0.490 e. The maximum absolute atomic E-state index is 11.9. The number of carboxylic acid groups (broad SMARTS) is 1. The van der Waals surface area contributed by atoms with E-state index in [1.54, 1.807) is 6.08 Å². The topological polar surface area (TPSA) is 97.7 Å². The van der Waals surface area contributed by atoms with Crippen LogP contribution in [0.15, 0.2) is 23.0 Å². The van der Waals surface area contributed by atoms with Gasteiger partial charge in [0.15, 0.2) is 0 Å². The minimum atomic E-state index is -5.08. The van der Waals surface area contributed by atoms with Gasteiger partial charge in [-0.2, -0.15) is 13.2 Å². The Labute approximate surface area is 122 Å². The summed E-state index contributed by atoms with van der Waals surface area (Å²) in [4.78, 5) is 25.2. The largest absolute Gasteiger partial charge is 0.490 e. The predicted molar refractivity (Wildman–Crippen MR) is 70.8 cm³/mol. The number of nitrogens with two attached hydrogens (primary N) is 1. The molecule has 3 N–H and O–H groups in total. The van der Waals surface area contributed by atoms with Gasteiger partial charge < -0.3 is 15.4 Å². The van der Waals surface area contributed by atoms with E-state index in [4.69, 9.17) is 15.6 Å². The summed E-state index contributed by atoms with van der Waals surface area (Å²) in [6.45, 7) is 0.782. The van der Waals surface area contributed by atoms with E-state index in [1.807, 2.05) is 17.8 Å². The van der Waals surface area contributed by atoms with Gasteiger partial charge in [-0.1, -0.05) is 0 Å². The van der Waals surface area contributed by atoms with Crippen molar-refractivity contribution < 1.29 is 27.9 Å². The smallest absolute Gasteiger partial charge is 0.475 e. The number of Topliss-reactive ketones (excluding diaryl/α,β-unsaturated/α-hetero) is 1. The molecular formula is C13H12F3N3O3. The molecule has 1 aliphatic carbocycles. The first kappa shape index (κ1) is 15.8. The number of nitrogens with zero attached hydrogens (tertiary/aromatic N) is 2. The van der Waals surface area contributed by atoms with Crippen molar-refractivity contribution in [1.29, 1.82) is 0 Å². The third-order valence-corrected chi connectivity index (χ3v) is 3.19. The van der Waals surface area contributed by atoms with Gasteiger partial charge in [-0.25, -0.2) is 4.79 Å². The van der Waals surface area contributed by atoms with Gasteiger partial charge in [-0.05, 0) is 18.1 Å². The zero-order chi connectivity index (χ0) is 16.7. The zero-order valence-electron chi connectivity index (χ0n) is 11.4. The molecule has 2 aliphatic rings. The number of halogens is 3. The van der Waals surface area contributed by atoms with Gasteiger partial charge in [0.1, 0.15) is 5.69 Å². The molecule has 22 heavy (non-hydrogen) atoms. The third kappa shape index (κ3) is 2.74. The molecule has 1 aromatic heterocycles. The van der Waals surface area contributed by atoms with E-state index in [9.17, 15) is 18.0 Å². The van der Waals surface area contributed by atoms with E-state index < -0.39 is 12.1 Å². The van der Waals surface area contributed by atoms with Crippen LogP contribution in [-0.2, 0) is 18.3 Å². The summed E-state index contributed by atoms with van der Waals surface area (Å²) in [5.74, 6) is -2.84. The Morgan fingerprint density at radius 2 is 2.05 bits per heavy atom. The van der Waals surface area contributed by atoms with Gasteiger partial charge in [0.2, 0.25) is 5.78 Å². The second kappa shape index (κ2) is 5.32. The van der Waals surface area contributed by atoms with Crippen LogP contribution in [0.5, 0.6) is 0 Å². The number of carbonyl (C=O) groups is 2. The van der Waals surface area contributed by atoms with Crippen LogP contribution in [0.1, 0.15) is 21.6 Å². The van der Waals surface area contributed by atoms with Crippen molar-refractivity contribution in [2.24, 2.45) is 17.8 Å². The molecule has 0 spiro atoms. The van der Waals surface area contributed by atoms with Gasteiger partial charge in [0, 0.05) is 25.4 Å². The number of hydrogen-bond acceptors (Lipinski definition) is 4. The maximum atomic E-state index is 11.9. The van der Waals surface area contributed by atoms with Crippen LogP contribution in [0.25, 0.3) is 0 Å². The fourth-order valence-corrected chi connectivity index (χ4v) is 2.28. The Hall–Kier alpha value is -2.58. The SMILES string of the molecule is Cn1cc2c3c1C(=O)C(N)=CC3=NCC2.O=C(O)C(F)(F)F. The molecule has 0 saturated heterocycles. The Kier molecular flexibility index (Phi) is 3.82. The summed E-state index contributed by atoms with van der Waals surface area (Å²) in [6, 6.07) is 0. The number of aromatic nitrogens is 1. The minimum Gasteiger partial charge on any atom is -0.475 e. The van der Waals surface area contributed by atoms with Crippen molar-refractivity contribution in [2.45, 2.75) is 12.6 Å². The summed E-state index contributed by atoms with van der Waals surface area (Å²) in [7, 11) is 1.88. The van der Waals surface area contributed by atoms with E-state index in [0.717, 1.165) is 24.2 Å². The predicted octanol–water partition coefficient (Wildman–Crippen LogP) is 1.04. The second-order valence-electron chi connectivity index (χ2n) is 4.74. The van der Waals surface area contributed by atoms with Crippen LogP contribution in [0.3, 0.4) is 0 Å². The molecule has 0 bridgehead atoms. The lowest BCUT2D eigenvalue weighted by atomic mass is 9.93. The minimum absolute atomic E-state index is 0.0837. The van der Waals surface area contributed by atoms with Gasteiger partial charge in [-0.15, -0.1) is 0 Å². The molecule has 0 saturated carbocycles. The van der Waals surface area contributed by atoms with E-state index in [0.29, 0.717) is 5.69 Å². The van der Waals surface area contributed by atoms with Crippen LogP contribution in [0.4, 0.5) is 13.2 Å². The van der Waals surface area contributed by atoms with Crippen LogP contribution >= 0.6 is 0 Å². The molecule has 1 aromatic rings. The molecule has 0 amide bonds. The van der Waals surface area contributed by atoms with Crippen molar-refractivity contribution in [2.75, 3.05) is 6.54 Å². The number of carboxylic acids is 1. The number of aliphatic imine (C=N–C) groups is 1.